The fourth-order valence-electron chi connectivity index (χ4n) is 3.34. The number of carbonyl (C=O) groups excluding carboxylic acids is 1. The molecule has 6 nitrogen and oxygen atoms in total. The molecule has 0 spiro atoms. The van der Waals surface area contributed by atoms with E-state index >= 15 is 0 Å². The highest BCUT2D eigenvalue weighted by Gasteiger charge is 2.19. The van der Waals surface area contributed by atoms with Gasteiger partial charge >= 0.3 is 0 Å². The van der Waals surface area contributed by atoms with Gasteiger partial charge in [-0.1, -0.05) is 30.3 Å². The zero-order chi connectivity index (χ0) is 20.8. The zero-order valence-corrected chi connectivity index (χ0v) is 16.9. The largest absolute Gasteiger partial charge is 0.491 e. The molecule has 0 fully saturated rings. The molecule has 1 aliphatic rings. The van der Waals surface area contributed by atoms with Gasteiger partial charge in [-0.05, 0) is 37.6 Å². The standard InChI is InChI=1S/C24H24N2O4/c1-2-28-21-11-4-8-18-15-19(16-30-23(18)21)24(27)26-13-6-14-29-20-10-3-7-17-9-5-12-25-22(17)20/h3-5,7-12,15H,2,6,13-14,16H2,1H3,(H,26,27). The summed E-state index contributed by atoms with van der Waals surface area (Å²) in [4.78, 5) is 16.9. The van der Waals surface area contributed by atoms with Crippen molar-refractivity contribution in [3.05, 3.63) is 65.9 Å². The lowest BCUT2D eigenvalue weighted by Crippen LogP contribution is -2.30. The minimum Gasteiger partial charge on any atom is -0.491 e. The van der Waals surface area contributed by atoms with Crippen LogP contribution in [0.3, 0.4) is 0 Å². The van der Waals surface area contributed by atoms with Crippen molar-refractivity contribution in [1.82, 2.24) is 10.3 Å². The van der Waals surface area contributed by atoms with Gasteiger partial charge < -0.3 is 19.5 Å². The van der Waals surface area contributed by atoms with E-state index in [0.29, 0.717) is 43.3 Å². The van der Waals surface area contributed by atoms with Crippen LogP contribution in [0, 0.1) is 0 Å². The second-order valence-corrected chi connectivity index (χ2v) is 6.85. The van der Waals surface area contributed by atoms with Crippen LogP contribution >= 0.6 is 0 Å². The SMILES string of the molecule is CCOc1cccc2c1OCC(C(=O)NCCCOc1cccc3cccnc13)=C2. The van der Waals surface area contributed by atoms with Gasteiger partial charge in [0.15, 0.2) is 11.5 Å². The zero-order valence-electron chi connectivity index (χ0n) is 16.9. The van der Waals surface area contributed by atoms with E-state index in [9.17, 15) is 4.79 Å². The number of hydrogen-bond donors (Lipinski definition) is 1. The molecule has 1 N–H and O–H groups in total. The number of para-hydroxylation sites is 2. The number of nitrogens with zero attached hydrogens (tertiary/aromatic N) is 1. The summed E-state index contributed by atoms with van der Waals surface area (Å²) in [5.74, 6) is 2.01. The van der Waals surface area contributed by atoms with Gasteiger partial charge in [-0.3, -0.25) is 9.78 Å². The highest BCUT2D eigenvalue weighted by Crippen LogP contribution is 2.35. The smallest absolute Gasteiger partial charge is 0.250 e. The Morgan fingerprint density at radius 3 is 2.83 bits per heavy atom. The molecule has 4 rings (SSSR count). The van der Waals surface area contributed by atoms with E-state index in [1.807, 2.05) is 61.5 Å². The van der Waals surface area contributed by atoms with Crippen LogP contribution < -0.4 is 19.5 Å². The Balaban J connectivity index is 1.29. The van der Waals surface area contributed by atoms with Gasteiger partial charge in [-0.25, -0.2) is 0 Å². The van der Waals surface area contributed by atoms with Gasteiger partial charge in [0.2, 0.25) is 0 Å². The molecule has 0 bridgehead atoms. The molecule has 0 saturated heterocycles. The van der Waals surface area contributed by atoms with Crippen LogP contribution in [0.5, 0.6) is 17.2 Å². The number of hydrogen-bond acceptors (Lipinski definition) is 5. The van der Waals surface area contributed by atoms with Gasteiger partial charge in [0.05, 0.1) is 18.8 Å². The lowest BCUT2D eigenvalue weighted by atomic mass is 10.1. The molecule has 0 radical (unpaired) electrons. The second kappa shape index (κ2) is 9.31. The van der Waals surface area contributed by atoms with Crippen molar-refractivity contribution in [2.75, 3.05) is 26.4 Å². The number of fused-ring (bicyclic) bond motifs is 2. The Bertz CT molecular complexity index is 1070. The molecule has 1 aromatic heterocycles. The molecule has 6 heteroatoms. The summed E-state index contributed by atoms with van der Waals surface area (Å²) < 4.78 is 17.2. The maximum absolute atomic E-state index is 12.5. The highest BCUT2D eigenvalue weighted by molar-refractivity contribution is 5.99. The number of carbonyl (C=O) groups is 1. The monoisotopic (exact) mass is 404 g/mol. The van der Waals surface area contributed by atoms with Gasteiger partial charge in [-0.2, -0.15) is 0 Å². The summed E-state index contributed by atoms with van der Waals surface area (Å²) in [6, 6.07) is 15.4. The molecule has 1 amide bonds. The van der Waals surface area contributed by atoms with E-state index in [1.165, 1.54) is 0 Å². The van der Waals surface area contributed by atoms with Gasteiger partial charge in [0, 0.05) is 23.7 Å². The van der Waals surface area contributed by atoms with Crippen LogP contribution in [-0.2, 0) is 4.79 Å². The molecule has 1 aliphatic heterocycles. The number of rotatable bonds is 8. The normalized spacial score (nSPS) is 12.5. The van der Waals surface area contributed by atoms with Crippen LogP contribution in [0.4, 0.5) is 0 Å². The number of aromatic nitrogens is 1. The number of pyridine rings is 1. The third kappa shape index (κ3) is 4.38. The van der Waals surface area contributed by atoms with Crippen LogP contribution in [0.1, 0.15) is 18.9 Å². The van der Waals surface area contributed by atoms with Crippen LogP contribution in [0.25, 0.3) is 17.0 Å². The van der Waals surface area contributed by atoms with Crippen molar-refractivity contribution in [2.24, 2.45) is 0 Å². The first-order valence-electron chi connectivity index (χ1n) is 10.1. The fraction of sp³-hybridized carbons (Fsp3) is 0.250. The van der Waals surface area contributed by atoms with Gasteiger partial charge in [0.25, 0.3) is 5.91 Å². The molecule has 2 heterocycles. The second-order valence-electron chi connectivity index (χ2n) is 6.85. The Kier molecular flexibility index (Phi) is 6.13. The molecule has 154 valence electrons. The predicted octanol–water partition coefficient (Wildman–Crippen LogP) is 3.99. The van der Waals surface area contributed by atoms with Gasteiger partial charge in [-0.15, -0.1) is 0 Å². The van der Waals surface area contributed by atoms with Crippen molar-refractivity contribution in [3.8, 4) is 17.2 Å². The van der Waals surface area contributed by atoms with Gasteiger partial charge in [0.1, 0.15) is 17.9 Å². The first-order valence-corrected chi connectivity index (χ1v) is 10.1. The highest BCUT2D eigenvalue weighted by atomic mass is 16.5. The van der Waals surface area contributed by atoms with Crippen LogP contribution in [-0.4, -0.2) is 37.3 Å². The molecule has 3 aromatic rings. The molecule has 0 atom stereocenters. The summed E-state index contributed by atoms with van der Waals surface area (Å²) in [5.41, 5.74) is 2.29. The maximum Gasteiger partial charge on any atom is 0.250 e. The predicted molar refractivity (Wildman–Crippen MR) is 116 cm³/mol. The summed E-state index contributed by atoms with van der Waals surface area (Å²) in [6.45, 7) is 3.72. The lowest BCUT2D eigenvalue weighted by molar-refractivity contribution is -0.117. The molecular weight excluding hydrogens is 380 g/mol. The van der Waals surface area contributed by atoms with Crippen molar-refractivity contribution in [1.29, 1.82) is 0 Å². The molecule has 30 heavy (non-hydrogen) atoms. The van der Waals surface area contributed by atoms with E-state index in [2.05, 4.69) is 10.3 Å². The van der Waals surface area contributed by atoms with E-state index in [-0.39, 0.29) is 12.5 Å². The summed E-state index contributed by atoms with van der Waals surface area (Å²) in [7, 11) is 0. The maximum atomic E-state index is 12.5. The molecule has 0 saturated carbocycles. The Labute approximate surface area is 175 Å². The quantitative estimate of drug-likeness (QED) is 0.575. The van der Waals surface area contributed by atoms with Crippen LogP contribution in [0.2, 0.25) is 0 Å². The third-order valence-corrected chi connectivity index (χ3v) is 4.76. The van der Waals surface area contributed by atoms with Crippen molar-refractivity contribution in [3.63, 3.8) is 0 Å². The molecule has 0 aliphatic carbocycles. The average molecular weight is 404 g/mol. The van der Waals surface area contributed by atoms with E-state index in [0.717, 1.165) is 22.2 Å². The third-order valence-electron chi connectivity index (χ3n) is 4.76. The Morgan fingerprint density at radius 2 is 1.93 bits per heavy atom. The number of nitrogens with one attached hydrogen (secondary N) is 1. The first kappa shape index (κ1) is 19.8. The van der Waals surface area contributed by atoms with Crippen molar-refractivity contribution < 1.29 is 19.0 Å². The van der Waals surface area contributed by atoms with Crippen molar-refractivity contribution in [2.45, 2.75) is 13.3 Å². The Hall–Kier alpha value is -3.54. The topological polar surface area (TPSA) is 69.7 Å². The molecule has 0 unspecified atom stereocenters. The van der Waals surface area contributed by atoms with Crippen LogP contribution in [0.15, 0.2) is 60.3 Å². The average Bonchev–Trinajstić information content (AvgIpc) is 2.79. The summed E-state index contributed by atoms with van der Waals surface area (Å²) >= 11 is 0. The first-order chi connectivity index (χ1) is 14.8. The van der Waals surface area contributed by atoms with Crippen molar-refractivity contribution >= 4 is 22.9 Å². The summed E-state index contributed by atoms with van der Waals surface area (Å²) in [6.07, 6.45) is 4.30. The van der Waals surface area contributed by atoms with E-state index in [1.54, 1.807) is 6.20 Å². The van der Waals surface area contributed by atoms with E-state index < -0.39 is 0 Å². The lowest BCUT2D eigenvalue weighted by Gasteiger charge is -2.20. The Morgan fingerprint density at radius 1 is 1.10 bits per heavy atom. The number of benzene rings is 2. The number of ether oxygens (including phenoxy) is 3. The molecular formula is C24H24N2O4. The minimum absolute atomic E-state index is 0.130. The fourth-order valence-corrected chi connectivity index (χ4v) is 3.34. The van der Waals surface area contributed by atoms with E-state index in [4.69, 9.17) is 14.2 Å². The minimum atomic E-state index is -0.130. The summed E-state index contributed by atoms with van der Waals surface area (Å²) in [5, 5.41) is 3.97. The number of amides is 1. The molecule has 2 aromatic carbocycles.